The number of hydrogen-bond donors (Lipinski definition) is 2. The van der Waals surface area contributed by atoms with Crippen LogP contribution < -0.4 is 4.65 Å². The van der Waals surface area contributed by atoms with E-state index < -0.39 is 18.9 Å². The highest BCUT2D eigenvalue weighted by Crippen LogP contribution is 2.36. The summed E-state index contributed by atoms with van der Waals surface area (Å²) in [6.45, 7) is 0.0121. The van der Waals surface area contributed by atoms with Crippen molar-refractivity contribution in [2.45, 2.75) is 25.2 Å². The molecule has 0 radical (unpaired) electrons. The Balaban J connectivity index is 1.72. The maximum atomic E-state index is 12.0. The number of aromatic carboxylic acids is 1. The summed E-state index contributed by atoms with van der Waals surface area (Å²) in [5.74, 6) is -1.56. The van der Waals surface area contributed by atoms with Crippen molar-refractivity contribution >= 4 is 18.9 Å². The number of fused-ring (bicyclic) bond motifs is 1. The van der Waals surface area contributed by atoms with Gasteiger partial charge < -0.3 is 14.8 Å². The first-order valence-electron chi connectivity index (χ1n) is 6.97. The van der Waals surface area contributed by atoms with E-state index in [-0.39, 0.29) is 30.1 Å². The second kappa shape index (κ2) is 6.17. The molecule has 0 unspecified atom stereocenters. The molecule has 0 amide bonds. The van der Waals surface area contributed by atoms with Gasteiger partial charge in [-0.2, -0.15) is 0 Å². The molecule has 9 nitrogen and oxygen atoms in total. The Kier molecular flexibility index (Phi) is 4.07. The number of hydrogen-bond acceptors (Lipinski definition) is 7. The number of Topliss-reactive ketones (excluding diaryl/α,β-unsaturated/α-hetero) is 1. The molecule has 1 aromatic heterocycles. The topological polar surface area (TPSA) is 127 Å². The van der Waals surface area contributed by atoms with Crippen LogP contribution in [0.25, 0.3) is 0 Å². The Hall–Kier alpha value is -2.75. The summed E-state index contributed by atoms with van der Waals surface area (Å²) >= 11 is 0. The van der Waals surface area contributed by atoms with Gasteiger partial charge >= 0.3 is 13.1 Å². The Morgan fingerprint density at radius 3 is 2.96 bits per heavy atom. The molecule has 2 N–H and O–H groups in total. The van der Waals surface area contributed by atoms with Crippen LogP contribution in [0.1, 0.15) is 22.3 Å². The summed E-state index contributed by atoms with van der Waals surface area (Å²) in [5.41, 5.74) is 0.662. The monoisotopic (exact) mass is 316 g/mol. The molecule has 1 aromatic carbocycles. The molecule has 23 heavy (non-hydrogen) atoms. The first kappa shape index (κ1) is 15.2. The van der Waals surface area contributed by atoms with E-state index in [1.807, 2.05) is 0 Å². The molecule has 3 rings (SSSR count). The number of rotatable bonds is 5. The SMILES string of the molecule is O=C(C[C@H]1Cc2cccc(C(=O)O)c2OB1O)Cn1cnnn1. The molecule has 0 spiro atoms. The van der Waals surface area contributed by atoms with Crippen molar-refractivity contribution in [1.29, 1.82) is 0 Å². The third-order valence-electron chi connectivity index (χ3n) is 3.67. The Labute approximate surface area is 131 Å². The smallest absolute Gasteiger partial charge is 0.526 e. The molecule has 1 atom stereocenters. The molecule has 0 aliphatic carbocycles. The largest absolute Gasteiger partial charge is 0.535 e. The number of benzene rings is 1. The zero-order valence-corrected chi connectivity index (χ0v) is 12.0. The molecule has 1 aliphatic rings. The number of carboxylic acids is 1. The van der Waals surface area contributed by atoms with Crippen LogP contribution >= 0.6 is 0 Å². The molecular weight excluding hydrogens is 303 g/mol. The molecule has 1 aliphatic heterocycles. The highest BCUT2D eigenvalue weighted by atomic mass is 16.5. The van der Waals surface area contributed by atoms with Crippen molar-refractivity contribution in [2.24, 2.45) is 0 Å². The number of carboxylic acid groups (broad SMARTS) is 1. The molecule has 2 heterocycles. The Morgan fingerprint density at radius 2 is 2.26 bits per heavy atom. The lowest BCUT2D eigenvalue weighted by Crippen LogP contribution is -2.36. The second-order valence-corrected chi connectivity index (χ2v) is 5.32. The van der Waals surface area contributed by atoms with E-state index in [1.54, 1.807) is 12.1 Å². The van der Waals surface area contributed by atoms with E-state index in [2.05, 4.69) is 15.5 Å². The lowest BCUT2D eigenvalue weighted by atomic mass is 9.64. The van der Waals surface area contributed by atoms with Crippen LogP contribution in [0.4, 0.5) is 0 Å². The first-order chi connectivity index (χ1) is 11.0. The van der Waals surface area contributed by atoms with Crippen LogP contribution in [0, 0.1) is 0 Å². The maximum Gasteiger partial charge on any atom is 0.526 e. The van der Waals surface area contributed by atoms with Crippen LogP contribution in [0.15, 0.2) is 24.5 Å². The fourth-order valence-electron chi connectivity index (χ4n) is 2.62. The van der Waals surface area contributed by atoms with Crippen molar-refractivity contribution in [3.8, 4) is 5.75 Å². The number of tetrazole rings is 1. The third-order valence-corrected chi connectivity index (χ3v) is 3.67. The molecule has 0 bridgehead atoms. The zero-order chi connectivity index (χ0) is 16.4. The summed E-state index contributed by atoms with van der Waals surface area (Å²) in [4.78, 5) is 23.2. The van der Waals surface area contributed by atoms with E-state index in [4.69, 9.17) is 9.76 Å². The van der Waals surface area contributed by atoms with Crippen molar-refractivity contribution in [3.63, 3.8) is 0 Å². The van der Waals surface area contributed by atoms with Crippen molar-refractivity contribution in [1.82, 2.24) is 20.2 Å². The Morgan fingerprint density at radius 1 is 1.43 bits per heavy atom. The third kappa shape index (κ3) is 3.21. The molecule has 2 aromatic rings. The predicted octanol–water partition coefficient (Wildman–Crippen LogP) is -0.184. The van der Waals surface area contributed by atoms with Gasteiger partial charge in [0.05, 0.1) is 5.56 Å². The molecular formula is C13H13BN4O5. The normalized spacial score (nSPS) is 16.6. The van der Waals surface area contributed by atoms with Crippen LogP contribution in [0.5, 0.6) is 5.75 Å². The van der Waals surface area contributed by atoms with E-state index in [0.29, 0.717) is 12.0 Å². The van der Waals surface area contributed by atoms with Gasteiger partial charge in [0.1, 0.15) is 18.6 Å². The Bertz CT molecular complexity index is 736. The van der Waals surface area contributed by atoms with E-state index in [9.17, 15) is 14.6 Å². The number of carbonyl (C=O) groups excluding carboxylic acids is 1. The number of aromatic nitrogens is 4. The van der Waals surface area contributed by atoms with Crippen LogP contribution in [0.2, 0.25) is 5.82 Å². The summed E-state index contributed by atoms with van der Waals surface area (Å²) in [7, 11) is -1.24. The van der Waals surface area contributed by atoms with Gasteiger partial charge in [0.15, 0.2) is 5.78 Å². The molecule has 0 saturated carbocycles. The van der Waals surface area contributed by atoms with Crippen molar-refractivity contribution in [3.05, 3.63) is 35.7 Å². The molecule has 118 valence electrons. The lowest BCUT2D eigenvalue weighted by Gasteiger charge is -2.27. The number of nitrogens with zero attached hydrogens (tertiary/aromatic N) is 4. The average molecular weight is 316 g/mol. The summed E-state index contributed by atoms with van der Waals surface area (Å²) in [5, 5.41) is 29.7. The molecule has 0 saturated heterocycles. The first-order valence-corrected chi connectivity index (χ1v) is 6.97. The van der Waals surface area contributed by atoms with E-state index in [0.717, 1.165) is 0 Å². The van der Waals surface area contributed by atoms with Gasteiger partial charge in [-0.25, -0.2) is 9.48 Å². The molecule has 10 heteroatoms. The van der Waals surface area contributed by atoms with Crippen LogP contribution in [-0.4, -0.2) is 49.2 Å². The highest BCUT2D eigenvalue weighted by Gasteiger charge is 2.37. The summed E-state index contributed by atoms with van der Waals surface area (Å²) in [6, 6.07) is 4.76. The summed E-state index contributed by atoms with van der Waals surface area (Å²) in [6.07, 6.45) is 1.77. The van der Waals surface area contributed by atoms with Gasteiger partial charge in [0.25, 0.3) is 0 Å². The minimum Gasteiger partial charge on any atom is -0.535 e. The second-order valence-electron chi connectivity index (χ2n) is 5.32. The van der Waals surface area contributed by atoms with Gasteiger partial charge in [-0.3, -0.25) is 4.79 Å². The van der Waals surface area contributed by atoms with Gasteiger partial charge in [0, 0.05) is 12.2 Å². The standard InChI is InChI=1S/C13H13BN4O5/c19-10(6-18-7-15-16-17-18)5-9-4-8-2-1-3-11(13(20)21)12(8)23-14(9)22/h1-3,7,9,22H,4-6H2,(H,20,21)/t9-/m1/s1. The fraction of sp³-hybridized carbons (Fsp3) is 0.308. The van der Waals surface area contributed by atoms with E-state index >= 15 is 0 Å². The van der Waals surface area contributed by atoms with Gasteiger partial charge in [-0.05, 0) is 28.5 Å². The van der Waals surface area contributed by atoms with Crippen LogP contribution in [-0.2, 0) is 17.8 Å². The zero-order valence-electron chi connectivity index (χ0n) is 12.0. The number of carbonyl (C=O) groups is 2. The van der Waals surface area contributed by atoms with E-state index in [1.165, 1.54) is 17.1 Å². The van der Waals surface area contributed by atoms with Crippen LogP contribution in [0.3, 0.4) is 0 Å². The van der Waals surface area contributed by atoms with Crippen molar-refractivity contribution < 1.29 is 24.4 Å². The number of para-hydroxylation sites is 1. The van der Waals surface area contributed by atoms with Gasteiger partial charge in [-0.1, -0.05) is 12.1 Å². The lowest BCUT2D eigenvalue weighted by molar-refractivity contribution is -0.120. The summed E-state index contributed by atoms with van der Waals surface area (Å²) < 4.78 is 6.65. The minimum atomic E-state index is -1.24. The van der Waals surface area contributed by atoms with Gasteiger partial charge in [-0.15, -0.1) is 5.10 Å². The quantitative estimate of drug-likeness (QED) is 0.727. The average Bonchev–Trinajstić information content (AvgIpc) is 3.00. The highest BCUT2D eigenvalue weighted by molar-refractivity contribution is 6.47. The van der Waals surface area contributed by atoms with Crippen molar-refractivity contribution in [2.75, 3.05) is 0 Å². The maximum absolute atomic E-state index is 12.0. The predicted molar refractivity (Wildman–Crippen MR) is 76.9 cm³/mol. The minimum absolute atomic E-state index is 0.0000152. The fourth-order valence-corrected chi connectivity index (χ4v) is 2.62. The molecule has 0 fully saturated rings. The van der Waals surface area contributed by atoms with Gasteiger partial charge in [0.2, 0.25) is 0 Å². The number of ketones is 1.